The zero-order chi connectivity index (χ0) is 14.3. The Bertz CT molecular complexity index is 491. The summed E-state index contributed by atoms with van der Waals surface area (Å²) in [6.07, 6.45) is 0. The lowest BCUT2D eigenvalue weighted by Crippen LogP contribution is -2.57. The zero-order valence-electron chi connectivity index (χ0n) is 12.1. The van der Waals surface area contributed by atoms with Crippen LogP contribution in [-0.4, -0.2) is 23.7 Å². The van der Waals surface area contributed by atoms with Gasteiger partial charge in [-0.25, -0.2) is 0 Å². The second-order valence-electron chi connectivity index (χ2n) is 6.12. The second-order valence-corrected chi connectivity index (χ2v) is 7.26. The van der Waals surface area contributed by atoms with E-state index >= 15 is 0 Å². The standard InChI is InChI=1S/C15H22N2OS/c1-14(2,15(3,4)16)13(18)17-9-10-19-12-8-6-5-7-11(12)17/h5-8H,9-10,16H2,1-4H3. The number of hydrogen-bond acceptors (Lipinski definition) is 3. The van der Waals surface area contributed by atoms with Gasteiger partial charge in [0.15, 0.2) is 0 Å². The Kier molecular flexibility index (Phi) is 3.67. The lowest BCUT2D eigenvalue weighted by Gasteiger charge is -2.42. The molecular weight excluding hydrogens is 256 g/mol. The number of carbonyl (C=O) groups is 1. The molecule has 104 valence electrons. The van der Waals surface area contributed by atoms with Gasteiger partial charge >= 0.3 is 0 Å². The first-order valence-electron chi connectivity index (χ1n) is 6.58. The van der Waals surface area contributed by atoms with Crippen molar-refractivity contribution in [3.8, 4) is 0 Å². The van der Waals surface area contributed by atoms with Crippen molar-refractivity contribution in [1.82, 2.24) is 0 Å². The van der Waals surface area contributed by atoms with Crippen molar-refractivity contribution >= 4 is 23.4 Å². The Balaban J connectivity index is 2.37. The fourth-order valence-electron chi connectivity index (χ4n) is 1.99. The summed E-state index contributed by atoms with van der Waals surface area (Å²) in [4.78, 5) is 15.9. The van der Waals surface area contributed by atoms with Crippen LogP contribution in [0.4, 0.5) is 5.69 Å². The number of carbonyl (C=O) groups excluding carboxylic acids is 1. The first-order valence-corrected chi connectivity index (χ1v) is 7.56. The Morgan fingerprint density at radius 3 is 2.53 bits per heavy atom. The number of nitrogens with two attached hydrogens (primary N) is 1. The molecule has 0 saturated heterocycles. The molecule has 0 unspecified atom stereocenters. The molecule has 0 atom stereocenters. The van der Waals surface area contributed by atoms with Gasteiger partial charge in [-0.15, -0.1) is 11.8 Å². The first kappa shape index (κ1) is 14.4. The van der Waals surface area contributed by atoms with E-state index in [1.54, 1.807) is 11.8 Å². The molecule has 1 heterocycles. The van der Waals surface area contributed by atoms with Crippen LogP contribution in [0.5, 0.6) is 0 Å². The van der Waals surface area contributed by atoms with Crippen LogP contribution in [-0.2, 0) is 4.79 Å². The average Bonchev–Trinajstić information content (AvgIpc) is 2.36. The molecule has 0 fully saturated rings. The van der Waals surface area contributed by atoms with Gasteiger partial charge in [0, 0.05) is 22.7 Å². The van der Waals surface area contributed by atoms with Crippen molar-refractivity contribution < 1.29 is 4.79 Å². The molecule has 0 bridgehead atoms. The third-order valence-electron chi connectivity index (χ3n) is 4.12. The number of nitrogens with zero attached hydrogens (tertiary/aromatic N) is 1. The molecule has 1 aliphatic rings. The van der Waals surface area contributed by atoms with E-state index in [0.717, 1.165) is 18.0 Å². The van der Waals surface area contributed by atoms with Gasteiger partial charge in [0.2, 0.25) is 5.91 Å². The molecule has 2 rings (SSSR count). The SMILES string of the molecule is CC(C)(N)C(C)(C)C(=O)N1CCSc2ccccc21. The van der Waals surface area contributed by atoms with Gasteiger partial charge in [-0.1, -0.05) is 12.1 Å². The number of anilines is 1. The van der Waals surface area contributed by atoms with Gasteiger partial charge in [-0.3, -0.25) is 4.79 Å². The highest BCUT2D eigenvalue weighted by Crippen LogP contribution is 2.38. The minimum Gasteiger partial charge on any atom is -0.325 e. The van der Waals surface area contributed by atoms with Crippen LogP contribution >= 0.6 is 11.8 Å². The number of amides is 1. The second kappa shape index (κ2) is 4.84. The van der Waals surface area contributed by atoms with E-state index in [9.17, 15) is 4.79 Å². The summed E-state index contributed by atoms with van der Waals surface area (Å²) < 4.78 is 0. The molecule has 19 heavy (non-hydrogen) atoms. The van der Waals surface area contributed by atoms with E-state index in [-0.39, 0.29) is 5.91 Å². The highest BCUT2D eigenvalue weighted by atomic mass is 32.2. The largest absolute Gasteiger partial charge is 0.325 e. The summed E-state index contributed by atoms with van der Waals surface area (Å²) in [5, 5.41) is 0. The maximum Gasteiger partial charge on any atom is 0.234 e. The summed E-state index contributed by atoms with van der Waals surface area (Å²) in [6.45, 7) is 8.43. The Morgan fingerprint density at radius 1 is 1.26 bits per heavy atom. The maximum absolute atomic E-state index is 12.9. The first-order chi connectivity index (χ1) is 8.75. The molecule has 3 nitrogen and oxygen atoms in total. The molecule has 0 spiro atoms. The van der Waals surface area contributed by atoms with Gasteiger partial charge in [0.1, 0.15) is 0 Å². The van der Waals surface area contributed by atoms with Crippen molar-refractivity contribution in [2.24, 2.45) is 11.1 Å². The van der Waals surface area contributed by atoms with Crippen molar-refractivity contribution in [1.29, 1.82) is 0 Å². The number of thioether (sulfide) groups is 1. The maximum atomic E-state index is 12.9. The predicted octanol–water partition coefficient (Wildman–Crippen LogP) is 2.89. The van der Waals surface area contributed by atoms with Crippen molar-refractivity contribution in [3.05, 3.63) is 24.3 Å². The van der Waals surface area contributed by atoms with Gasteiger partial charge in [-0.2, -0.15) is 0 Å². The molecule has 4 heteroatoms. The van der Waals surface area contributed by atoms with Crippen molar-refractivity contribution in [2.45, 2.75) is 38.1 Å². The molecular formula is C15H22N2OS. The van der Waals surface area contributed by atoms with E-state index < -0.39 is 11.0 Å². The summed E-state index contributed by atoms with van der Waals surface area (Å²) in [5.41, 5.74) is 6.06. The third-order valence-corrected chi connectivity index (χ3v) is 5.16. The molecule has 0 saturated carbocycles. The molecule has 1 amide bonds. The summed E-state index contributed by atoms with van der Waals surface area (Å²) >= 11 is 1.80. The zero-order valence-corrected chi connectivity index (χ0v) is 12.9. The highest BCUT2D eigenvalue weighted by molar-refractivity contribution is 7.99. The lowest BCUT2D eigenvalue weighted by molar-refractivity contribution is -0.129. The Labute approximate surface area is 119 Å². The molecule has 1 aliphatic heterocycles. The van der Waals surface area contributed by atoms with Crippen LogP contribution in [0.1, 0.15) is 27.7 Å². The van der Waals surface area contributed by atoms with E-state index in [4.69, 9.17) is 5.73 Å². The lowest BCUT2D eigenvalue weighted by atomic mass is 9.74. The van der Waals surface area contributed by atoms with Crippen LogP contribution in [0, 0.1) is 5.41 Å². The quantitative estimate of drug-likeness (QED) is 0.905. The van der Waals surface area contributed by atoms with E-state index in [1.165, 1.54) is 4.90 Å². The monoisotopic (exact) mass is 278 g/mol. The van der Waals surface area contributed by atoms with Crippen LogP contribution < -0.4 is 10.6 Å². The molecule has 0 aliphatic carbocycles. The summed E-state index contributed by atoms with van der Waals surface area (Å²) in [7, 11) is 0. The fraction of sp³-hybridized carbons (Fsp3) is 0.533. The smallest absolute Gasteiger partial charge is 0.234 e. The van der Waals surface area contributed by atoms with Crippen LogP contribution in [0.25, 0.3) is 0 Å². The highest BCUT2D eigenvalue weighted by Gasteiger charge is 2.43. The van der Waals surface area contributed by atoms with Crippen LogP contribution in [0.3, 0.4) is 0 Å². The molecule has 0 radical (unpaired) electrons. The molecule has 1 aromatic carbocycles. The van der Waals surface area contributed by atoms with Crippen LogP contribution in [0.15, 0.2) is 29.2 Å². The minimum atomic E-state index is -0.595. The van der Waals surface area contributed by atoms with E-state index in [2.05, 4.69) is 6.07 Å². The van der Waals surface area contributed by atoms with Gasteiger partial charge in [0.25, 0.3) is 0 Å². The van der Waals surface area contributed by atoms with Gasteiger partial charge in [0.05, 0.1) is 11.1 Å². The normalized spacial score (nSPS) is 16.2. The predicted molar refractivity (Wildman–Crippen MR) is 81.6 cm³/mol. The third kappa shape index (κ3) is 2.51. The summed E-state index contributed by atoms with van der Waals surface area (Å²) in [6, 6.07) is 8.07. The van der Waals surface area contributed by atoms with Crippen molar-refractivity contribution in [3.63, 3.8) is 0 Å². The summed E-state index contributed by atoms with van der Waals surface area (Å²) in [5.74, 6) is 1.04. The fourth-order valence-corrected chi connectivity index (χ4v) is 2.99. The molecule has 1 aromatic rings. The molecule has 0 aromatic heterocycles. The number of rotatable bonds is 2. The van der Waals surface area contributed by atoms with Gasteiger partial charge < -0.3 is 10.6 Å². The van der Waals surface area contributed by atoms with E-state index in [1.807, 2.05) is 50.8 Å². The Hall–Kier alpha value is -1.00. The Morgan fingerprint density at radius 2 is 1.89 bits per heavy atom. The number of hydrogen-bond donors (Lipinski definition) is 1. The van der Waals surface area contributed by atoms with Crippen LogP contribution in [0.2, 0.25) is 0 Å². The number of benzene rings is 1. The van der Waals surface area contributed by atoms with Gasteiger partial charge in [-0.05, 0) is 39.8 Å². The number of para-hydroxylation sites is 1. The number of fused-ring (bicyclic) bond motifs is 1. The minimum absolute atomic E-state index is 0.104. The van der Waals surface area contributed by atoms with E-state index in [0.29, 0.717) is 0 Å². The average molecular weight is 278 g/mol. The molecule has 2 N–H and O–H groups in total. The topological polar surface area (TPSA) is 46.3 Å². The van der Waals surface area contributed by atoms with Crippen molar-refractivity contribution in [2.75, 3.05) is 17.2 Å².